The molecule has 25 heavy (non-hydrogen) atoms. The van der Waals surface area contributed by atoms with E-state index in [9.17, 15) is 9.90 Å². The Hall–Kier alpha value is -1.99. The molecule has 1 amide bonds. The lowest BCUT2D eigenvalue weighted by Gasteiger charge is -2.20. The van der Waals surface area contributed by atoms with Crippen LogP contribution in [-0.4, -0.2) is 23.3 Å². The van der Waals surface area contributed by atoms with Crippen molar-refractivity contribution in [3.63, 3.8) is 0 Å². The first kappa shape index (κ1) is 19.3. The van der Waals surface area contributed by atoms with Gasteiger partial charge in [0.15, 0.2) is 0 Å². The van der Waals surface area contributed by atoms with Crippen LogP contribution in [0.1, 0.15) is 70.1 Å². The molecule has 2 rings (SSSR count). The maximum atomic E-state index is 11.6. The highest BCUT2D eigenvalue weighted by Crippen LogP contribution is 2.24. The number of ether oxygens (including phenoxy) is 1. The van der Waals surface area contributed by atoms with Gasteiger partial charge in [-0.3, -0.25) is 0 Å². The van der Waals surface area contributed by atoms with E-state index in [0.717, 1.165) is 11.1 Å². The topological polar surface area (TPSA) is 58.6 Å². The maximum absolute atomic E-state index is 11.6. The Labute approximate surface area is 151 Å². The second-order valence-electron chi connectivity index (χ2n) is 7.61. The van der Waals surface area contributed by atoms with E-state index in [2.05, 4.69) is 17.2 Å². The lowest BCUT2D eigenvalue weighted by molar-refractivity contribution is 0.0518. The number of amides is 1. The molecule has 0 aliphatic heterocycles. The molecule has 1 saturated carbocycles. The summed E-state index contributed by atoms with van der Waals surface area (Å²) in [5.74, 6) is 7.09. The molecule has 1 aliphatic rings. The Morgan fingerprint density at radius 2 is 2.08 bits per heavy atom. The van der Waals surface area contributed by atoms with Crippen molar-refractivity contribution in [2.45, 2.75) is 64.6 Å². The molecule has 1 atom stereocenters. The van der Waals surface area contributed by atoms with Crippen molar-refractivity contribution in [3.05, 3.63) is 35.4 Å². The van der Waals surface area contributed by atoms with E-state index in [1.165, 1.54) is 25.7 Å². The molecule has 0 saturated heterocycles. The number of benzene rings is 1. The highest BCUT2D eigenvalue weighted by molar-refractivity contribution is 5.67. The van der Waals surface area contributed by atoms with Gasteiger partial charge in [-0.2, -0.15) is 0 Å². The van der Waals surface area contributed by atoms with Gasteiger partial charge in [0.25, 0.3) is 0 Å². The first-order valence-electron chi connectivity index (χ1n) is 9.10. The maximum Gasteiger partial charge on any atom is 0.407 e. The molecule has 136 valence electrons. The first-order valence-corrected chi connectivity index (χ1v) is 9.10. The van der Waals surface area contributed by atoms with Crippen molar-refractivity contribution in [2.24, 2.45) is 5.92 Å². The fourth-order valence-corrected chi connectivity index (χ4v) is 2.87. The fourth-order valence-electron chi connectivity index (χ4n) is 2.87. The summed E-state index contributed by atoms with van der Waals surface area (Å²) in [6.45, 7) is 5.81. The van der Waals surface area contributed by atoms with Gasteiger partial charge in [-0.15, -0.1) is 0 Å². The van der Waals surface area contributed by atoms with Gasteiger partial charge in [0.05, 0.1) is 6.10 Å². The quantitative estimate of drug-likeness (QED) is 0.807. The number of nitrogens with one attached hydrogen (secondary N) is 1. The molecule has 0 heterocycles. The summed E-state index contributed by atoms with van der Waals surface area (Å²) in [5.41, 5.74) is 1.24. The van der Waals surface area contributed by atoms with Gasteiger partial charge in [0.1, 0.15) is 5.60 Å². The van der Waals surface area contributed by atoms with Gasteiger partial charge in [-0.05, 0) is 57.7 Å². The van der Waals surface area contributed by atoms with Gasteiger partial charge in [-0.1, -0.05) is 36.8 Å². The molecule has 1 unspecified atom stereocenters. The minimum Gasteiger partial charge on any atom is -0.444 e. The minimum absolute atomic E-state index is 0.355. The lowest BCUT2D eigenvalue weighted by atomic mass is 10.0. The zero-order valence-electron chi connectivity index (χ0n) is 15.5. The van der Waals surface area contributed by atoms with Crippen molar-refractivity contribution in [2.75, 3.05) is 6.54 Å². The molecular weight excluding hydrogens is 314 g/mol. The average Bonchev–Trinajstić information content (AvgIpc) is 3.05. The van der Waals surface area contributed by atoms with Crippen LogP contribution < -0.4 is 5.32 Å². The molecule has 1 aromatic rings. The molecule has 1 aromatic carbocycles. The van der Waals surface area contributed by atoms with Crippen LogP contribution in [0.3, 0.4) is 0 Å². The zero-order valence-corrected chi connectivity index (χ0v) is 15.5. The van der Waals surface area contributed by atoms with E-state index in [1.807, 2.05) is 45.0 Å². The predicted molar refractivity (Wildman–Crippen MR) is 99.1 cm³/mol. The number of hydrogen-bond acceptors (Lipinski definition) is 3. The number of alkyl carbamates (subject to hydrolysis) is 1. The van der Waals surface area contributed by atoms with Gasteiger partial charge in [0.2, 0.25) is 0 Å². The molecule has 1 aliphatic carbocycles. The Morgan fingerprint density at radius 3 is 2.76 bits per heavy atom. The van der Waals surface area contributed by atoms with E-state index in [4.69, 9.17) is 4.74 Å². The smallest absolute Gasteiger partial charge is 0.407 e. The second-order valence-corrected chi connectivity index (χ2v) is 7.61. The van der Waals surface area contributed by atoms with E-state index in [-0.39, 0.29) is 0 Å². The van der Waals surface area contributed by atoms with Gasteiger partial charge < -0.3 is 15.2 Å². The normalized spacial score (nSPS) is 16.0. The van der Waals surface area contributed by atoms with E-state index >= 15 is 0 Å². The number of carbonyl (C=O) groups excluding carboxylic acids is 1. The van der Waals surface area contributed by atoms with Crippen LogP contribution in [0.15, 0.2) is 24.3 Å². The van der Waals surface area contributed by atoms with E-state index in [0.29, 0.717) is 18.9 Å². The minimum atomic E-state index is -0.636. The molecule has 1 fully saturated rings. The van der Waals surface area contributed by atoms with Crippen LogP contribution in [0.25, 0.3) is 0 Å². The molecule has 0 spiro atoms. The fraction of sp³-hybridized carbons (Fsp3) is 0.571. The molecule has 4 nitrogen and oxygen atoms in total. The average molecular weight is 343 g/mol. The second kappa shape index (κ2) is 8.92. The molecule has 0 radical (unpaired) electrons. The van der Waals surface area contributed by atoms with Crippen molar-refractivity contribution < 1.29 is 14.6 Å². The van der Waals surface area contributed by atoms with Crippen LogP contribution in [-0.2, 0) is 4.74 Å². The number of rotatable bonds is 4. The van der Waals surface area contributed by atoms with Gasteiger partial charge in [0, 0.05) is 18.0 Å². The third-order valence-corrected chi connectivity index (χ3v) is 4.13. The Bertz CT molecular complexity index is 631. The standard InChI is InChI=1S/C21H29NO3/c1-21(2,3)25-20(24)22-14-13-19(23)18-10-6-9-17(15-18)12-11-16-7-4-5-8-16/h6,9-10,15-16,19,23H,4-5,7-8,13-14H2,1-3H3,(H,22,24). The van der Waals surface area contributed by atoms with Gasteiger partial charge in [-0.25, -0.2) is 4.79 Å². The Balaban J connectivity index is 1.84. The zero-order chi connectivity index (χ0) is 18.3. The van der Waals surface area contributed by atoms with Crippen molar-refractivity contribution in [1.29, 1.82) is 0 Å². The summed E-state index contributed by atoms with van der Waals surface area (Å²) in [4.78, 5) is 11.6. The first-order chi connectivity index (χ1) is 11.8. The molecular formula is C21H29NO3. The molecule has 0 aromatic heterocycles. The summed E-state index contributed by atoms with van der Waals surface area (Å²) in [5, 5.41) is 13.0. The van der Waals surface area contributed by atoms with Crippen LogP contribution in [0, 0.1) is 17.8 Å². The van der Waals surface area contributed by atoms with Crippen LogP contribution in [0.5, 0.6) is 0 Å². The summed E-state index contributed by atoms with van der Waals surface area (Å²) < 4.78 is 5.18. The van der Waals surface area contributed by atoms with Gasteiger partial charge >= 0.3 is 6.09 Å². The van der Waals surface area contributed by atoms with Crippen molar-refractivity contribution in [3.8, 4) is 11.8 Å². The third kappa shape index (κ3) is 7.19. The third-order valence-electron chi connectivity index (χ3n) is 4.13. The molecule has 2 N–H and O–H groups in total. The lowest BCUT2D eigenvalue weighted by Crippen LogP contribution is -2.33. The molecule has 4 heteroatoms. The summed E-state index contributed by atoms with van der Waals surface area (Å²) in [6, 6.07) is 7.70. The number of hydrogen-bond donors (Lipinski definition) is 2. The number of aliphatic hydroxyl groups is 1. The molecule has 0 bridgehead atoms. The summed E-state index contributed by atoms with van der Waals surface area (Å²) in [7, 11) is 0. The highest BCUT2D eigenvalue weighted by Gasteiger charge is 2.16. The predicted octanol–water partition coefficient (Wildman–Crippen LogP) is 4.18. The SMILES string of the molecule is CC(C)(C)OC(=O)NCCC(O)c1cccc(C#CC2CCCC2)c1. The number of aliphatic hydroxyl groups excluding tert-OH is 1. The number of carbonyl (C=O) groups is 1. The summed E-state index contributed by atoms with van der Waals surface area (Å²) in [6.07, 6.45) is 4.29. The summed E-state index contributed by atoms with van der Waals surface area (Å²) >= 11 is 0. The Kier molecular flexibility index (Phi) is 6.90. The van der Waals surface area contributed by atoms with E-state index in [1.54, 1.807) is 0 Å². The highest BCUT2D eigenvalue weighted by atomic mass is 16.6. The van der Waals surface area contributed by atoms with Crippen LogP contribution in [0.4, 0.5) is 4.79 Å². The Morgan fingerprint density at radius 1 is 1.36 bits per heavy atom. The largest absolute Gasteiger partial charge is 0.444 e. The monoisotopic (exact) mass is 343 g/mol. The van der Waals surface area contributed by atoms with Crippen LogP contribution in [0.2, 0.25) is 0 Å². The van der Waals surface area contributed by atoms with Crippen molar-refractivity contribution in [1.82, 2.24) is 5.32 Å². The van der Waals surface area contributed by atoms with E-state index < -0.39 is 17.8 Å². The van der Waals surface area contributed by atoms with Crippen LogP contribution >= 0.6 is 0 Å². The van der Waals surface area contributed by atoms with Crippen molar-refractivity contribution >= 4 is 6.09 Å².